The van der Waals surface area contributed by atoms with E-state index in [9.17, 15) is 9.59 Å². The lowest BCUT2D eigenvalue weighted by Crippen LogP contribution is -2.21. The molecule has 2 unspecified atom stereocenters. The molecule has 25 heavy (non-hydrogen) atoms. The molecule has 2 nitrogen and oxygen atoms in total. The topological polar surface area (TPSA) is 34.1 Å². The van der Waals surface area contributed by atoms with Crippen LogP contribution in [0.4, 0.5) is 0 Å². The van der Waals surface area contributed by atoms with Crippen molar-refractivity contribution < 1.29 is 9.59 Å². The third kappa shape index (κ3) is 5.41. The van der Waals surface area contributed by atoms with Crippen molar-refractivity contribution in [1.82, 2.24) is 0 Å². The number of hydrogen-bond donors (Lipinski definition) is 0. The molecule has 0 aromatic rings. The van der Waals surface area contributed by atoms with E-state index in [1.54, 1.807) is 0 Å². The molecule has 0 spiro atoms. The zero-order chi connectivity index (χ0) is 17.6. The normalized spacial score (nSPS) is 36.3. The molecule has 0 radical (unpaired) electrons. The predicted octanol–water partition coefficient (Wildman–Crippen LogP) is 6.12. The number of hydrogen-bond acceptors (Lipinski definition) is 2. The molecule has 0 aromatic heterocycles. The Kier molecular flexibility index (Phi) is 7.13. The van der Waals surface area contributed by atoms with E-state index in [1.165, 1.54) is 70.6 Å². The van der Waals surface area contributed by atoms with E-state index >= 15 is 0 Å². The lowest BCUT2D eigenvalue weighted by molar-refractivity contribution is -0.130. The van der Waals surface area contributed by atoms with Crippen molar-refractivity contribution in [3.05, 3.63) is 0 Å². The maximum absolute atomic E-state index is 12.7. The maximum atomic E-state index is 12.7. The van der Waals surface area contributed by atoms with Gasteiger partial charge in [0.25, 0.3) is 0 Å². The van der Waals surface area contributed by atoms with E-state index in [0.29, 0.717) is 12.3 Å². The Morgan fingerprint density at radius 1 is 0.720 bits per heavy atom. The molecule has 3 aliphatic carbocycles. The van der Waals surface area contributed by atoms with Gasteiger partial charge in [0.15, 0.2) is 0 Å². The first-order valence-corrected chi connectivity index (χ1v) is 11.2. The van der Waals surface area contributed by atoms with Gasteiger partial charge in [0, 0.05) is 12.3 Å². The van der Waals surface area contributed by atoms with Crippen LogP contribution < -0.4 is 0 Å². The molecule has 0 bridgehead atoms. The second-order valence-electron chi connectivity index (χ2n) is 9.34. The summed E-state index contributed by atoms with van der Waals surface area (Å²) in [4.78, 5) is 25.1. The Labute approximate surface area is 154 Å². The van der Waals surface area contributed by atoms with Gasteiger partial charge in [0.2, 0.25) is 0 Å². The van der Waals surface area contributed by atoms with Gasteiger partial charge in [-0.25, -0.2) is 0 Å². The number of carbonyl (C=O) groups excluding carboxylic acids is 2. The van der Waals surface area contributed by atoms with Crippen LogP contribution >= 0.6 is 0 Å². The van der Waals surface area contributed by atoms with Crippen molar-refractivity contribution in [2.45, 2.75) is 103 Å². The highest BCUT2D eigenvalue weighted by atomic mass is 16.1. The second-order valence-corrected chi connectivity index (χ2v) is 9.34. The summed E-state index contributed by atoms with van der Waals surface area (Å²) >= 11 is 0. The molecule has 3 fully saturated rings. The molecule has 3 aliphatic rings. The number of rotatable bonds is 6. The van der Waals surface area contributed by atoms with Crippen LogP contribution in [-0.2, 0) is 9.59 Å². The van der Waals surface area contributed by atoms with Crippen molar-refractivity contribution in [2.75, 3.05) is 0 Å². The molecular formula is C23H38O2. The number of Topliss-reactive ketones (excluding diaryl/α,β-unsaturated/α-hetero) is 2. The monoisotopic (exact) mass is 346 g/mol. The Morgan fingerprint density at radius 2 is 1.28 bits per heavy atom. The third-order valence-corrected chi connectivity index (χ3v) is 7.73. The molecule has 2 atom stereocenters. The average molecular weight is 347 g/mol. The quantitative estimate of drug-likeness (QED) is 0.543. The summed E-state index contributed by atoms with van der Waals surface area (Å²) in [6.07, 6.45) is 17.2. The van der Waals surface area contributed by atoms with Crippen molar-refractivity contribution in [2.24, 2.45) is 29.6 Å². The van der Waals surface area contributed by atoms with E-state index in [-0.39, 0.29) is 23.9 Å². The first kappa shape index (κ1) is 19.1. The fourth-order valence-corrected chi connectivity index (χ4v) is 5.92. The zero-order valence-corrected chi connectivity index (χ0v) is 16.3. The molecule has 0 aromatic carbocycles. The van der Waals surface area contributed by atoms with Gasteiger partial charge in [-0.05, 0) is 62.2 Å². The van der Waals surface area contributed by atoms with Crippen LogP contribution in [0.15, 0.2) is 0 Å². The van der Waals surface area contributed by atoms with Gasteiger partial charge < -0.3 is 0 Å². The van der Waals surface area contributed by atoms with Crippen molar-refractivity contribution in [3.8, 4) is 0 Å². The molecule has 0 amide bonds. The van der Waals surface area contributed by atoms with Crippen molar-refractivity contribution in [3.63, 3.8) is 0 Å². The minimum atomic E-state index is 0.186. The zero-order valence-electron chi connectivity index (χ0n) is 16.3. The van der Waals surface area contributed by atoms with Gasteiger partial charge in [-0.1, -0.05) is 51.9 Å². The van der Waals surface area contributed by atoms with E-state index in [0.717, 1.165) is 30.6 Å². The first-order valence-electron chi connectivity index (χ1n) is 11.2. The predicted molar refractivity (Wildman–Crippen MR) is 102 cm³/mol. The molecule has 0 saturated heterocycles. The van der Waals surface area contributed by atoms with Crippen molar-refractivity contribution in [1.29, 1.82) is 0 Å². The fourth-order valence-electron chi connectivity index (χ4n) is 5.92. The molecule has 0 aliphatic heterocycles. The minimum Gasteiger partial charge on any atom is -0.299 e. The van der Waals surface area contributed by atoms with Crippen LogP contribution in [0, 0.1) is 29.6 Å². The average Bonchev–Trinajstić information content (AvgIpc) is 2.85. The molecule has 0 heterocycles. The maximum Gasteiger partial charge on any atom is 0.143 e. The molecule has 2 heteroatoms. The van der Waals surface area contributed by atoms with E-state index < -0.39 is 0 Å². The SMILES string of the molecule is CCC1CCC(CC(=O)CC(=O)C2CCC3CCCCC3CC2)CC1. The van der Waals surface area contributed by atoms with Crippen LogP contribution in [0.1, 0.15) is 103 Å². The summed E-state index contributed by atoms with van der Waals surface area (Å²) < 4.78 is 0. The van der Waals surface area contributed by atoms with Gasteiger partial charge in [-0.3, -0.25) is 9.59 Å². The third-order valence-electron chi connectivity index (χ3n) is 7.73. The van der Waals surface area contributed by atoms with E-state index in [1.807, 2.05) is 0 Å². The summed E-state index contributed by atoms with van der Waals surface area (Å²) in [5.74, 6) is 3.86. The van der Waals surface area contributed by atoms with Gasteiger partial charge in [0.1, 0.15) is 11.6 Å². The van der Waals surface area contributed by atoms with Crippen LogP contribution in [-0.4, -0.2) is 11.6 Å². The summed E-state index contributed by atoms with van der Waals surface area (Å²) in [5.41, 5.74) is 0. The van der Waals surface area contributed by atoms with Gasteiger partial charge in [-0.15, -0.1) is 0 Å². The van der Waals surface area contributed by atoms with E-state index in [4.69, 9.17) is 0 Å². The Balaban J connectivity index is 1.41. The number of fused-ring (bicyclic) bond motifs is 1. The Hall–Kier alpha value is -0.660. The second kappa shape index (κ2) is 9.33. The number of carbonyl (C=O) groups is 2. The van der Waals surface area contributed by atoms with E-state index in [2.05, 4.69) is 6.92 Å². The molecule has 142 valence electrons. The standard InChI is InChI=1S/C23H38O2/c1-2-17-7-9-18(10-8-17)15-22(24)16-23(25)21-13-11-19-5-3-4-6-20(19)12-14-21/h17-21H,2-16H2,1H3. The Morgan fingerprint density at radius 3 is 1.84 bits per heavy atom. The lowest BCUT2D eigenvalue weighted by Gasteiger charge is -2.29. The van der Waals surface area contributed by atoms with Gasteiger partial charge >= 0.3 is 0 Å². The summed E-state index contributed by atoms with van der Waals surface area (Å²) in [5, 5.41) is 0. The highest BCUT2D eigenvalue weighted by Gasteiger charge is 2.32. The fraction of sp³-hybridized carbons (Fsp3) is 0.913. The lowest BCUT2D eigenvalue weighted by atomic mass is 9.77. The smallest absolute Gasteiger partial charge is 0.143 e. The van der Waals surface area contributed by atoms with Crippen LogP contribution in [0.5, 0.6) is 0 Å². The van der Waals surface area contributed by atoms with Gasteiger partial charge in [-0.2, -0.15) is 0 Å². The summed E-state index contributed by atoms with van der Waals surface area (Å²) in [6, 6.07) is 0. The first-order chi connectivity index (χ1) is 12.2. The summed E-state index contributed by atoms with van der Waals surface area (Å²) in [7, 11) is 0. The largest absolute Gasteiger partial charge is 0.299 e. The molecule has 3 saturated carbocycles. The molecule has 0 N–H and O–H groups in total. The van der Waals surface area contributed by atoms with Crippen LogP contribution in [0.2, 0.25) is 0 Å². The van der Waals surface area contributed by atoms with Crippen LogP contribution in [0.25, 0.3) is 0 Å². The molecular weight excluding hydrogens is 308 g/mol. The highest BCUT2D eigenvalue weighted by Crippen LogP contribution is 2.41. The van der Waals surface area contributed by atoms with Crippen molar-refractivity contribution >= 4 is 11.6 Å². The van der Waals surface area contributed by atoms with Gasteiger partial charge in [0.05, 0.1) is 6.42 Å². The Bertz CT molecular complexity index is 431. The summed E-state index contributed by atoms with van der Waals surface area (Å²) in [6.45, 7) is 2.28. The highest BCUT2D eigenvalue weighted by molar-refractivity contribution is 6.00. The number of ketones is 2. The van der Waals surface area contributed by atoms with Crippen LogP contribution in [0.3, 0.4) is 0 Å². The minimum absolute atomic E-state index is 0.186. The molecule has 3 rings (SSSR count).